The molecular weight excluding hydrogens is 468 g/mol. The fourth-order valence-electron chi connectivity index (χ4n) is 3.70. The average molecular weight is 495 g/mol. The highest BCUT2D eigenvalue weighted by atomic mass is 35.5. The molecule has 0 amide bonds. The number of benzene rings is 1. The summed E-state index contributed by atoms with van der Waals surface area (Å²) in [6.07, 6.45) is -1.92. The van der Waals surface area contributed by atoms with Crippen molar-refractivity contribution in [3.63, 3.8) is 0 Å². The molecule has 1 fully saturated rings. The Kier molecular flexibility index (Phi) is 9.35. The van der Waals surface area contributed by atoms with Gasteiger partial charge in [-0.3, -0.25) is 14.3 Å². The number of hydrogen-bond acceptors (Lipinski definition) is 5. The van der Waals surface area contributed by atoms with Crippen LogP contribution in [0.1, 0.15) is 18.9 Å². The zero-order chi connectivity index (χ0) is 23.3. The Morgan fingerprint density at radius 1 is 1.09 bits per heavy atom. The van der Waals surface area contributed by atoms with Crippen molar-refractivity contribution in [2.24, 2.45) is 0 Å². The Balaban J connectivity index is 0.00000385. The van der Waals surface area contributed by atoms with Crippen LogP contribution in [0.5, 0.6) is 5.75 Å². The quantitative estimate of drug-likeness (QED) is 0.572. The van der Waals surface area contributed by atoms with E-state index in [2.05, 4.69) is 9.88 Å². The Labute approximate surface area is 194 Å². The number of aromatic amines is 1. The predicted octanol–water partition coefficient (Wildman–Crippen LogP) is 2.81. The molecule has 3 rings (SSSR count). The number of nitrogens with one attached hydrogen (secondary N) is 1. The fraction of sp³-hybridized carbons (Fsp3) is 0.524. The number of aryl methyl sites for hydroxylation is 1. The van der Waals surface area contributed by atoms with Gasteiger partial charge in [-0.25, -0.2) is 9.18 Å². The highest BCUT2D eigenvalue weighted by Crippen LogP contribution is 2.31. The van der Waals surface area contributed by atoms with Gasteiger partial charge >= 0.3 is 11.9 Å². The van der Waals surface area contributed by atoms with Crippen molar-refractivity contribution in [1.82, 2.24) is 14.5 Å². The van der Waals surface area contributed by atoms with Crippen LogP contribution in [0.25, 0.3) is 0 Å². The number of anilines is 1. The van der Waals surface area contributed by atoms with E-state index in [4.69, 9.17) is 4.74 Å². The molecule has 1 aliphatic rings. The molecule has 7 nitrogen and oxygen atoms in total. The van der Waals surface area contributed by atoms with Gasteiger partial charge in [0.2, 0.25) is 0 Å². The molecule has 0 unspecified atom stereocenters. The smallest absolute Gasteiger partial charge is 0.422 e. The van der Waals surface area contributed by atoms with Crippen LogP contribution in [-0.2, 0) is 13.0 Å². The van der Waals surface area contributed by atoms with E-state index in [0.29, 0.717) is 63.4 Å². The number of piperazine rings is 1. The lowest BCUT2D eigenvalue weighted by Gasteiger charge is -2.36. The van der Waals surface area contributed by atoms with Crippen LogP contribution in [0.4, 0.5) is 23.2 Å². The number of aromatic nitrogens is 2. The second kappa shape index (κ2) is 11.6. The molecule has 0 bridgehead atoms. The molecule has 0 spiro atoms. The van der Waals surface area contributed by atoms with E-state index in [1.807, 2.05) is 11.8 Å². The third kappa shape index (κ3) is 7.23. The second-order valence-corrected chi connectivity index (χ2v) is 7.63. The van der Waals surface area contributed by atoms with Gasteiger partial charge in [0, 0.05) is 50.6 Å². The Bertz CT molecular complexity index is 1030. The third-order valence-electron chi connectivity index (χ3n) is 5.40. The Morgan fingerprint density at radius 3 is 2.42 bits per heavy atom. The number of rotatable bonds is 8. The molecule has 0 aliphatic carbocycles. The van der Waals surface area contributed by atoms with Crippen molar-refractivity contribution in [2.45, 2.75) is 32.5 Å². The van der Waals surface area contributed by atoms with E-state index in [1.165, 1.54) is 22.9 Å². The standard InChI is InChI=1S/C21H26F4N4O3.ClH/c1-2-15-13-26-20(31)29(19(15)30)7-3-6-27-8-10-28(11-9-27)17-5-4-16(22)12-18(17)32-14-21(23,24)25;/h4-5,12-13H,2-3,6-11,14H2,1H3,(H,26,31);1H. The Morgan fingerprint density at radius 2 is 1.79 bits per heavy atom. The molecule has 1 aromatic carbocycles. The van der Waals surface area contributed by atoms with Gasteiger partial charge < -0.3 is 14.6 Å². The lowest BCUT2D eigenvalue weighted by molar-refractivity contribution is -0.153. The highest BCUT2D eigenvalue weighted by molar-refractivity contribution is 5.85. The molecule has 12 heteroatoms. The highest BCUT2D eigenvalue weighted by Gasteiger charge is 2.29. The van der Waals surface area contributed by atoms with Crippen molar-refractivity contribution in [1.29, 1.82) is 0 Å². The molecule has 1 N–H and O–H groups in total. The minimum atomic E-state index is -4.51. The van der Waals surface area contributed by atoms with Gasteiger partial charge in [0.25, 0.3) is 5.56 Å². The topological polar surface area (TPSA) is 70.6 Å². The first kappa shape index (κ1) is 26.7. The van der Waals surface area contributed by atoms with E-state index >= 15 is 0 Å². The minimum Gasteiger partial charge on any atom is -0.482 e. The number of alkyl halides is 3. The summed E-state index contributed by atoms with van der Waals surface area (Å²) in [5.41, 5.74) is 0.273. The molecule has 0 atom stereocenters. The van der Waals surface area contributed by atoms with Crippen LogP contribution in [0.15, 0.2) is 34.0 Å². The summed E-state index contributed by atoms with van der Waals surface area (Å²) in [6.45, 7) is 3.65. The van der Waals surface area contributed by atoms with Crippen molar-refractivity contribution in [3.8, 4) is 5.75 Å². The second-order valence-electron chi connectivity index (χ2n) is 7.63. The average Bonchev–Trinajstić information content (AvgIpc) is 2.75. The van der Waals surface area contributed by atoms with Gasteiger partial charge in [0.15, 0.2) is 6.61 Å². The number of halogens is 5. The third-order valence-corrected chi connectivity index (χ3v) is 5.40. The number of hydrogen-bond donors (Lipinski definition) is 1. The molecule has 1 saturated heterocycles. The Hall–Kier alpha value is -2.53. The van der Waals surface area contributed by atoms with Crippen LogP contribution in [0, 0.1) is 5.82 Å². The number of H-pyrrole nitrogens is 1. The lowest BCUT2D eigenvalue weighted by atomic mass is 10.2. The first-order valence-electron chi connectivity index (χ1n) is 10.5. The summed E-state index contributed by atoms with van der Waals surface area (Å²) in [4.78, 5) is 30.8. The SMILES string of the molecule is CCc1c[nH]c(=O)n(CCCN2CCN(c3ccc(F)cc3OCC(F)(F)F)CC2)c1=O.Cl. The first-order chi connectivity index (χ1) is 15.2. The van der Waals surface area contributed by atoms with Gasteiger partial charge in [0.05, 0.1) is 5.69 Å². The summed E-state index contributed by atoms with van der Waals surface area (Å²) >= 11 is 0. The zero-order valence-corrected chi connectivity index (χ0v) is 19.0. The molecule has 184 valence electrons. The zero-order valence-electron chi connectivity index (χ0n) is 18.2. The first-order valence-corrected chi connectivity index (χ1v) is 10.5. The van der Waals surface area contributed by atoms with Gasteiger partial charge in [0.1, 0.15) is 11.6 Å². The molecule has 0 radical (unpaired) electrons. The molecule has 1 aromatic heterocycles. The number of ether oxygens (including phenoxy) is 1. The summed E-state index contributed by atoms with van der Waals surface area (Å²) in [5, 5.41) is 0. The molecule has 1 aliphatic heterocycles. The van der Waals surface area contributed by atoms with Crippen LogP contribution in [-0.4, -0.2) is 60.0 Å². The van der Waals surface area contributed by atoms with Gasteiger partial charge in [-0.15, -0.1) is 12.4 Å². The van der Waals surface area contributed by atoms with E-state index in [-0.39, 0.29) is 23.7 Å². The normalized spacial score (nSPS) is 14.8. The van der Waals surface area contributed by atoms with Crippen molar-refractivity contribution >= 4 is 18.1 Å². The van der Waals surface area contributed by atoms with Crippen molar-refractivity contribution < 1.29 is 22.3 Å². The molecule has 0 saturated carbocycles. The maximum Gasteiger partial charge on any atom is 0.422 e. The molecule has 2 heterocycles. The lowest BCUT2D eigenvalue weighted by Crippen LogP contribution is -2.47. The van der Waals surface area contributed by atoms with Crippen molar-refractivity contribution in [2.75, 3.05) is 44.2 Å². The van der Waals surface area contributed by atoms with Crippen LogP contribution < -0.4 is 20.9 Å². The monoisotopic (exact) mass is 494 g/mol. The largest absolute Gasteiger partial charge is 0.482 e. The maximum absolute atomic E-state index is 13.5. The van der Waals surface area contributed by atoms with E-state index < -0.39 is 24.3 Å². The summed E-state index contributed by atoms with van der Waals surface area (Å²) in [5.74, 6) is -0.799. The molecule has 2 aromatic rings. The predicted molar refractivity (Wildman–Crippen MR) is 119 cm³/mol. The maximum atomic E-state index is 13.5. The van der Waals surface area contributed by atoms with Crippen LogP contribution in [0.2, 0.25) is 0 Å². The van der Waals surface area contributed by atoms with E-state index in [9.17, 15) is 27.2 Å². The molecule has 33 heavy (non-hydrogen) atoms. The van der Waals surface area contributed by atoms with E-state index in [0.717, 1.165) is 6.07 Å². The summed E-state index contributed by atoms with van der Waals surface area (Å²) < 4.78 is 57.1. The van der Waals surface area contributed by atoms with Crippen LogP contribution >= 0.6 is 12.4 Å². The summed E-state index contributed by atoms with van der Waals surface area (Å²) in [6, 6.07) is 3.59. The van der Waals surface area contributed by atoms with Gasteiger partial charge in [-0.05, 0) is 31.5 Å². The minimum absolute atomic E-state index is 0. The van der Waals surface area contributed by atoms with Gasteiger partial charge in [-0.2, -0.15) is 13.2 Å². The van der Waals surface area contributed by atoms with Crippen molar-refractivity contribution in [3.05, 3.63) is 56.6 Å². The van der Waals surface area contributed by atoms with Gasteiger partial charge in [-0.1, -0.05) is 6.92 Å². The summed E-state index contributed by atoms with van der Waals surface area (Å²) in [7, 11) is 0. The number of nitrogens with zero attached hydrogens (tertiary/aromatic N) is 3. The molecular formula is C21H27ClF4N4O3. The van der Waals surface area contributed by atoms with Crippen LogP contribution in [0.3, 0.4) is 0 Å². The fourth-order valence-corrected chi connectivity index (χ4v) is 3.70. The van der Waals surface area contributed by atoms with E-state index in [1.54, 1.807) is 0 Å².